The van der Waals surface area contributed by atoms with Crippen LogP contribution in [0.25, 0.3) is 0 Å². The molecule has 0 atom stereocenters. The number of rotatable bonds is 5. The van der Waals surface area contributed by atoms with Gasteiger partial charge in [0.25, 0.3) is 0 Å². The van der Waals surface area contributed by atoms with Gasteiger partial charge in [0.05, 0.1) is 20.0 Å². The van der Waals surface area contributed by atoms with Crippen LogP contribution in [0.4, 0.5) is 0 Å². The van der Waals surface area contributed by atoms with Crippen LogP contribution in [0.15, 0.2) is 17.0 Å². The Hall–Kier alpha value is -1.36. The molecule has 0 fully saturated rings. The molecule has 88 valence electrons. The average Bonchev–Trinajstić information content (AvgIpc) is 2.26. The average molecular weight is 242 g/mol. The second-order valence-corrected chi connectivity index (χ2v) is 4.17. The van der Waals surface area contributed by atoms with Crippen LogP contribution in [0, 0.1) is 6.92 Å². The Balaban J connectivity index is 2.96. The fourth-order valence-corrected chi connectivity index (χ4v) is 2.01. The maximum atomic E-state index is 10.5. The van der Waals surface area contributed by atoms with E-state index in [4.69, 9.17) is 14.6 Å². The van der Waals surface area contributed by atoms with Crippen molar-refractivity contribution in [3.63, 3.8) is 0 Å². The van der Waals surface area contributed by atoms with Gasteiger partial charge in [0, 0.05) is 4.90 Å². The van der Waals surface area contributed by atoms with E-state index in [0.29, 0.717) is 11.5 Å². The fraction of sp³-hybridized carbons (Fsp3) is 0.364. The van der Waals surface area contributed by atoms with Crippen molar-refractivity contribution in [3.8, 4) is 11.5 Å². The molecule has 0 aliphatic carbocycles. The zero-order valence-electron chi connectivity index (χ0n) is 9.44. The molecule has 0 saturated carbocycles. The third kappa shape index (κ3) is 3.06. The monoisotopic (exact) mass is 242 g/mol. The lowest BCUT2D eigenvalue weighted by Crippen LogP contribution is -1.99. The molecule has 1 N–H and O–H groups in total. The Bertz CT molecular complexity index is 390. The van der Waals surface area contributed by atoms with Gasteiger partial charge >= 0.3 is 5.97 Å². The zero-order valence-corrected chi connectivity index (χ0v) is 10.3. The Kier molecular flexibility index (Phi) is 4.49. The lowest BCUT2D eigenvalue weighted by atomic mass is 10.2. The van der Waals surface area contributed by atoms with Gasteiger partial charge in [0.1, 0.15) is 0 Å². The molecule has 1 aromatic carbocycles. The number of carboxylic acids is 1. The second kappa shape index (κ2) is 5.65. The number of aryl methyl sites for hydroxylation is 1. The van der Waals surface area contributed by atoms with Gasteiger partial charge in [-0.2, -0.15) is 0 Å². The standard InChI is InChI=1S/C11H14O4S/c1-7-4-8(14-2)9(15-3)5-10(7)16-6-11(12)13/h4-5H,6H2,1-3H3,(H,12,13). The predicted molar refractivity (Wildman–Crippen MR) is 62.6 cm³/mol. The smallest absolute Gasteiger partial charge is 0.313 e. The number of methoxy groups -OCH3 is 2. The van der Waals surface area contributed by atoms with Gasteiger partial charge in [0.2, 0.25) is 0 Å². The van der Waals surface area contributed by atoms with Crippen molar-refractivity contribution >= 4 is 17.7 Å². The van der Waals surface area contributed by atoms with Crippen LogP contribution in [0.3, 0.4) is 0 Å². The molecule has 5 heteroatoms. The van der Waals surface area contributed by atoms with Gasteiger partial charge in [-0.1, -0.05) is 0 Å². The molecule has 0 bridgehead atoms. The molecule has 0 unspecified atom stereocenters. The van der Waals surface area contributed by atoms with Crippen LogP contribution >= 0.6 is 11.8 Å². The van der Waals surface area contributed by atoms with Gasteiger partial charge in [-0.15, -0.1) is 11.8 Å². The SMILES string of the molecule is COc1cc(C)c(SCC(=O)O)cc1OC. The minimum absolute atomic E-state index is 0.0380. The van der Waals surface area contributed by atoms with E-state index in [1.54, 1.807) is 20.3 Å². The van der Waals surface area contributed by atoms with Gasteiger partial charge in [-0.25, -0.2) is 0 Å². The van der Waals surface area contributed by atoms with Crippen LogP contribution in [0.1, 0.15) is 5.56 Å². The highest BCUT2D eigenvalue weighted by Gasteiger charge is 2.10. The van der Waals surface area contributed by atoms with Crippen molar-refractivity contribution in [3.05, 3.63) is 17.7 Å². The van der Waals surface area contributed by atoms with E-state index in [1.165, 1.54) is 11.8 Å². The summed E-state index contributed by atoms with van der Waals surface area (Å²) in [7, 11) is 3.13. The molecule has 0 spiro atoms. The molecule has 0 saturated heterocycles. The van der Waals surface area contributed by atoms with Crippen molar-refractivity contribution in [1.82, 2.24) is 0 Å². The fourth-order valence-electron chi connectivity index (χ4n) is 1.26. The molecule has 0 aliphatic rings. The highest BCUT2D eigenvalue weighted by Crippen LogP contribution is 2.34. The zero-order chi connectivity index (χ0) is 12.1. The highest BCUT2D eigenvalue weighted by molar-refractivity contribution is 8.00. The summed E-state index contributed by atoms with van der Waals surface area (Å²) < 4.78 is 10.3. The van der Waals surface area contributed by atoms with Crippen LogP contribution < -0.4 is 9.47 Å². The normalized spacial score (nSPS) is 9.94. The summed E-state index contributed by atoms with van der Waals surface area (Å²) in [6.07, 6.45) is 0. The summed E-state index contributed by atoms with van der Waals surface area (Å²) >= 11 is 1.27. The van der Waals surface area contributed by atoms with Crippen molar-refractivity contribution < 1.29 is 19.4 Å². The number of hydrogen-bond acceptors (Lipinski definition) is 4. The maximum absolute atomic E-state index is 10.5. The molecule has 4 nitrogen and oxygen atoms in total. The third-order valence-corrected chi connectivity index (χ3v) is 3.17. The van der Waals surface area contributed by atoms with E-state index in [2.05, 4.69) is 0 Å². The number of carboxylic acid groups (broad SMARTS) is 1. The summed E-state index contributed by atoms with van der Waals surface area (Å²) in [5, 5.41) is 8.62. The largest absolute Gasteiger partial charge is 0.493 e. The number of ether oxygens (including phenoxy) is 2. The molecule has 0 amide bonds. The Morgan fingerprint density at radius 1 is 1.31 bits per heavy atom. The first-order valence-electron chi connectivity index (χ1n) is 4.65. The van der Waals surface area contributed by atoms with Gasteiger partial charge in [-0.05, 0) is 24.6 Å². The van der Waals surface area contributed by atoms with Crippen molar-refractivity contribution in [2.75, 3.05) is 20.0 Å². The molecule has 16 heavy (non-hydrogen) atoms. The van der Waals surface area contributed by atoms with Gasteiger partial charge < -0.3 is 14.6 Å². The number of hydrogen-bond donors (Lipinski definition) is 1. The molecule has 0 heterocycles. The van der Waals surface area contributed by atoms with Crippen molar-refractivity contribution in [2.24, 2.45) is 0 Å². The summed E-state index contributed by atoms with van der Waals surface area (Å²) in [6, 6.07) is 3.63. The van der Waals surface area contributed by atoms with E-state index >= 15 is 0 Å². The third-order valence-electron chi connectivity index (χ3n) is 2.03. The van der Waals surface area contributed by atoms with Gasteiger partial charge in [0.15, 0.2) is 11.5 Å². The molecule has 0 aromatic heterocycles. The number of aliphatic carboxylic acids is 1. The molecule has 1 rings (SSSR count). The summed E-state index contributed by atoms with van der Waals surface area (Å²) in [5.41, 5.74) is 0.976. The highest BCUT2D eigenvalue weighted by atomic mass is 32.2. The van der Waals surface area contributed by atoms with E-state index in [9.17, 15) is 4.79 Å². The first-order valence-corrected chi connectivity index (χ1v) is 5.64. The van der Waals surface area contributed by atoms with E-state index in [0.717, 1.165) is 10.5 Å². The minimum atomic E-state index is -0.834. The first-order chi connectivity index (χ1) is 7.58. The number of benzene rings is 1. The van der Waals surface area contributed by atoms with E-state index in [1.807, 2.05) is 13.0 Å². The molecule has 0 aliphatic heterocycles. The Labute approximate surface area is 98.6 Å². The molecule has 0 radical (unpaired) electrons. The summed E-state index contributed by atoms with van der Waals surface area (Å²) in [4.78, 5) is 11.4. The van der Waals surface area contributed by atoms with Crippen LogP contribution in [0.2, 0.25) is 0 Å². The maximum Gasteiger partial charge on any atom is 0.313 e. The molecule has 1 aromatic rings. The Morgan fingerprint density at radius 3 is 2.38 bits per heavy atom. The number of thioether (sulfide) groups is 1. The van der Waals surface area contributed by atoms with E-state index < -0.39 is 5.97 Å². The summed E-state index contributed by atoms with van der Waals surface area (Å²) in [6.45, 7) is 1.91. The lowest BCUT2D eigenvalue weighted by molar-refractivity contribution is -0.133. The minimum Gasteiger partial charge on any atom is -0.493 e. The second-order valence-electron chi connectivity index (χ2n) is 3.16. The van der Waals surface area contributed by atoms with Crippen LogP contribution in [-0.2, 0) is 4.79 Å². The van der Waals surface area contributed by atoms with Gasteiger partial charge in [-0.3, -0.25) is 4.79 Å². The van der Waals surface area contributed by atoms with Crippen molar-refractivity contribution in [1.29, 1.82) is 0 Å². The topological polar surface area (TPSA) is 55.8 Å². The predicted octanol–water partition coefficient (Wildman–Crippen LogP) is 2.19. The van der Waals surface area contributed by atoms with E-state index in [-0.39, 0.29) is 5.75 Å². The van der Waals surface area contributed by atoms with Crippen LogP contribution in [0.5, 0.6) is 11.5 Å². The Morgan fingerprint density at radius 2 is 1.88 bits per heavy atom. The first kappa shape index (κ1) is 12.7. The number of carbonyl (C=O) groups is 1. The van der Waals surface area contributed by atoms with Crippen LogP contribution in [-0.4, -0.2) is 31.0 Å². The summed E-state index contributed by atoms with van der Waals surface area (Å²) in [5.74, 6) is 0.468. The quantitative estimate of drug-likeness (QED) is 0.802. The van der Waals surface area contributed by atoms with Crippen molar-refractivity contribution in [2.45, 2.75) is 11.8 Å². The molecular formula is C11H14O4S. The lowest BCUT2D eigenvalue weighted by Gasteiger charge is -2.11. The molecular weight excluding hydrogens is 228 g/mol.